The quantitative estimate of drug-likeness (QED) is 0.926. The van der Waals surface area contributed by atoms with Gasteiger partial charge in [-0.25, -0.2) is 8.78 Å². The van der Waals surface area contributed by atoms with Crippen molar-refractivity contribution in [3.8, 4) is 0 Å². The van der Waals surface area contributed by atoms with Crippen LogP contribution in [0.5, 0.6) is 0 Å². The Kier molecular flexibility index (Phi) is 3.82. The maximum Gasteiger partial charge on any atom is 0.261 e. The van der Waals surface area contributed by atoms with Gasteiger partial charge in [-0.15, -0.1) is 0 Å². The SMILES string of the molecule is NC(=O)c1cccc2c1CCCN2C(=O)c1cc(F)ccc1F. The van der Waals surface area contributed by atoms with Gasteiger partial charge in [0.2, 0.25) is 5.91 Å². The first-order valence-corrected chi connectivity index (χ1v) is 7.17. The molecule has 0 unspecified atom stereocenters. The maximum atomic E-state index is 13.9. The van der Waals surface area contributed by atoms with Crippen molar-refractivity contribution in [2.24, 2.45) is 5.73 Å². The molecule has 0 bridgehead atoms. The highest BCUT2D eigenvalue weighted by Crippen LogP contribution is 2.31. The number of amides is 2. The number of nitrogens with two attached hydrogens (primary N) is 1. The number of benzene rings is 2. The fourth-order valence-electron chi connectivity index (χ4n) is 2.87. The second-order valence-corrected chi connectivity index (χ2v) is 5.35. The highest BCUT2D eigenvalue weighted by Gasteiger charge is 2.27. The van der Waals surface area contributed by atoms with Gasteiger partial charge in [0.15, 0.2) is 0 Å². The number of rotatable bonds is 2. The number of primary amides is 1. The van der Waals surface area contributed by atoms with Gasteiger partial charge in [-0.2, -0.15) is 0 Å². The highest BCUT2D eigenvalue weighted by molar-refractivity contribution is 6.08. The zero-order valence-electron chi connectivity index (χ0n) is 12.2. The number of fused-ring (bicyclic) bond motifs is 1. The van der Waals surface area contributed by atoms with E-state index in [4.69, 9.17) is 5.73 Å². The predicted molar refractivity (Wildman–Crippen MR) is 81.3 cm³/mol. The summed E-state index contributed by atoms with van der Waals surface area (Å²) in [5.74, 6) is -2.68. The lowest BCUT2D eigenvalue weighted by molar-refractivity contribution is 0.0974. The highest BCUT2D eigenvalue weighted by atomic mass is 19.1. The van der Waals surface area contributed by atoms with E-state index < -0.39 is 23.4 Å². The van der Waals surface area contributed by atoms with Gasteiger partial charge in [-0.1, -0.05) is 6.07 Å². The second kappa shape index (κ2) is 5.79. The minimum absolute atomic E-state index is 0.331. The summed E-state index contributed by atoms with van der Waals surface area (Å²) in [5, 5.41) is 0. The van der Waals surface area contributed by atoms with E-state index >= 15 is 0 Å². The van der Waals surface area contributed by atoms with Crippen molar-refractivity contribution >= 4 is 17.5 Å². The van der Waals surface area contributed by atoms with E-state index in [1.165, 1.54) is 4.90 Å². The lowest BCUT2D eigenvalue weighted by atomic mass is 9.95. The Bertz CT molecular complexity index is 805. The van der Waals surface area contributed by atoms with Crippen LogP contribution >= 0.6 is 0 Å². The summed E-state index contributed by atoms with van der Waals surface area (Å²) in [5.41, 5.74) is 6.56. The molecule has 23 heavy (non-hydrogen) atoms. The molecule has 2 aromatic rings. The second-order valence-electron chi connectivity index (χ2n) is 5.35. The Balaban J connectivity index is 2.07. The smallest absolute Gasteiger partial charge is 0.261 e. The molecule has 0 aliphatic carbocycles. The molecule has 2 aromatic carbocycles. The molecule has 1 aliphatic rings. The average Bonchev–Trinajstić information content (AvgIpc) is 2.55. The molecule has 0 aromatic heterocycles. The first kappa shape index (κ1) is 15.1. The van der Waals surface area contributed by atoms with Crippen LogP contribution in [0.15, 0.2) is 36.4 Å². The molecule has 0 saturated carbocycles. The third-order valence-electron chi connectivity index (χ3n) is 3.92. The molecule has 3 rings (SSSR count). The van der Waals surface area contributed by atoms with Crippen LogP contribution in [0.4, 0.5) is 14.5 Å². The van der Waals surface area contributed by atoms with Crippen molar-refractivity contribution < 1.29 is 18.4 Å². The summed E-state index contributed by atoms with van der Waals surface area (Å²) >= 11 is 0. The van der Waals surface area contributed by atoms with Gasteiger partial charge in [0.25, 0.3) is 5.91 Å². The third-order valence-corrected chi connectivity index (χ3v) is 3.92. The number of hydrogen-bond acceptors (Lipinski definition) is 2. The Morgan fingerprint density at radius 2 is 1.87 bits per heavy atom. The zero-order valence-corrected chi connectivity index (χ0v) is 12.2. The molecule has 0 radical (unpaired) electrons. The van der Waals surface area contributed by atoms with Crippen molar-refractivity contribution in [3.63, 3.8) is 0 Å². The number of anilines is 1. The van der Waals surface area contributed by atoms with E-state index in [0.29, 0.717) is 36.2 Å². The van der Waals surface area contributed by atoms with Gasteiger partial charge < -0.3 is 10.6 Å². The van der Waals surface area contributed by atoms with E-state index in [9.17, 15) is 18.4 Å². The largest absolute Gasteiger partial charge is 0.366 e. The molecule has 1 heterocycles. The lowest BCUT2D eigenvalue weighted by Crippen LogP contribution is -2.37. The summed E-state index contributed by atoms with van der Waals surface area (Å²) in [4.78, 5) is 25.5. The van der Waals surface area contributed by atoms with Gasteiger partial charge in [0.05, 0.1) is 5.56 Å². The number of carbonyl (C=O) groups excluding carboxylic acids is 2. The van der Waals surface area contributed by atoms with Crippen LogP contribution in [0.2, 0.25) is 0 Å². The minimum Gasteiger partial charge on any atom is -0.366 e. The van der Waals surface area contributed by atoms with E-state index in [0.717, 1.165) is 18.2 Å². The lowest BCUT2D eigenvalue weighted by Gasteiger charge is -2.30. The molecule has 2 amide bonds. The van der Waals surface area contributed by atoms with Crippen LogP contribution in [0.25, 0.3) is 0 Å². The number of hydrogen-bond donors (Lipinski definition) is 1. The normalized spacial score (nSPS) is 13.6. The van der Waals surface area contributed by atoms with Gasteiger partial charge in [-0.05, 0) is 48.7 Å². The van der Waals surface area contributed by atoms with Crippen LogP contribution < -0.4 is 10.6 Å². The standard InChI is InChI=1S/C17H14F2N2O2/c18-10-6-7-14(19)13(9-10)17(23)21-8-2-4-11-12(16(20)22)3-1-5-15(11)21/h1,3,5-7,9H,2,4,8H2,(H2,20,22). The number of nitrogens with zero attached hydrogens (tertiary/aromatic N) is 1. The molecule has 0 spiro atoms. The first-order chi connectivity index (χ1) is 11.0. The number of halogens is 2. The Hall–Kier alpha value is -2.76. The average molecular weight is 316 g/mol. The maximum absolute atomic E-state index is 13.9. The third kappa shape index (κ3) is 2.67. The van der Waals surface area contributed by atoms with Crippen molar-refractivity contribution in [2.45, 2.75) is 12.8 Å². The van der Waals surface area contributed by atoms with Gasteiger partial charge >= 0.3 is 0 Å². The van der Waals surface area contributed by atoms with E-state index in [-0.39, 0.29) is 5.56 Å². The summed E-state index contributed by atoms with van der Waals surface area (Å²) in [6.07, 6.45) is 1.21. The first-order valence-electron chi connectivity index (χ1n) is 7.17. The Labute approximate surface area is 131 Å². The van der Waals surface area contributed by atoms with Crippen LogP contribution in [0.1, 0.15) is 32.7 Å². The molecule has 0 fully saturated rings. The van der Waals surface area contributed by atoms with Crippen molar-refractivity contribution in [2.75, 3.05) is 11.4 Å². The molecular formula is C17H14F2N2O2. The molecule has 0 atom stereocenters. The van der Waals surface area contributed by atoms with Gasteiger partial charge in [0.1, 0.15) is 11.6 Å². The zero-order chi connectivity index (χ0) is 16.6. The topological polar surface area (TPSA) is 63.4 Å². The van der Waals surface area contributed by atoms with Crippen molar-refractivity contribution in [3.05, 3.63) is 64.7 Å². The van der Waals surface area contributed by atoms with Crippen LogP contribution in [0.3, 0.4) is 0 Å². The van der Waals surface area contributed by atoms with Crippen LogP contribution in [-0.4, -0.2) is 18.4 Å². The van der Waals surface area contributed by atoms with Crippen LogP contribution in [-0.2, 0) is 6.42 Å². The van der Waals surface area contributed by atoms with E-state index in [1.54, 1.807) is 18.2 Å². The summed E-state index contributed by atoms with van der Waals surface area (Å²) < 4.78 is 27.2. The minimum atomic E-state index is -0.783. The monoisotopic (exact) mass is 316 g/mol. The molecule has 0 saturated heterocycles. The predicted octanol–water partition coefficient (Wildman–Crippen LogP) is 2.66. The Morgan fingerprint density at radius 3 is 2.61 bits per heavy atom. The van der Waals surface area contributed by atoms with Gasteiger partial charge in [-0.3, -0.25) is 9.59 Å². The molecule has 6 heteroatoms. The van der Waals surface area contributed by atoms with E-state index in [1.807, 2.05) is 0 Å². The fraction of sp³-hybridized carbons (Fsp3) is 0.176. The fourth-order valence-corrected chi connectivity index (χ4v) is 2.87. The van der Waals surface area contributed by atoms with Crippen molar-refractivity contribution in [1.82, 2.24) is 0 Å². The molecule has 2 N–H and O–H groups in total. The van der Waals surface area contributed by atoms with Crippen LogP contribution in [0, 0.1) is 11.6 Å². The van der Waals surface area contributed by atoms with E-state index in [2.05, 4.69) is 0 Å². The molecular weight excluding hydrogens is 302 g/mol. The molecule has 4 nitrogen and oxygen atoms in total. The summed E-state index contributed by atoms with van der Waals surface area (Å²) in [6.45, 7) is 0.365. The van der Waals surface area contributed by atoms with Gasteiger partial charge in [0, 0.05) is 17.8 Å². The summed E-state index contributed by atoms with van der Waals surface area (Å²) in [7, 11) is 0. The van der Waals surface area contributed by atoms with Crippen molar-refractivity contribution in [1.29, 1.82) is 0 Å². The Morgan fingerprint density at radius 1 is 1.09 bits per heavy atom. The summed E-state index contributed by atoms with van der Waals surface area (Å²) in [6, 6.07) is 7.65. The molecule has 118 valence electrons. The number of carbonyl (C=O) groups is 2. The molecule has 1 aliphatic heterocycles.